The highest BCUT2D eigenvalue weighted by Crippen LogP contribution is 2.45. The maximum Gasteiger partial charge on any atom is 0.300 e. The van der Waals surface area contributed by atoms with Gasteiger partial charge >= 0.3 is 0 Å². The summed E-state index contributed by atoms with van der Waals surface area (Å²) in [4.78, 5) is 28.0. The van der Waals surface area contributed by atoms with E-state index in [0.717, 1.165) is 5.56 Å². The first-order valence-electron chi connectivity index (χ1n) is 10.5. The number of hydrogen-bond acceptors (Lipinski definition) is 6. The van der Waals surface area contributed by atoms with Crippen LogP contribution >= 0.6 is 0 Å². The molecule has 0 bridgehead atoms. The van der Waals surface area contributed by atoms with E-state index in [1.54, 1.807) is 42.5 Å². The van der Waals surface area contributed by atoms with E-state index >= 15 is 0 Å². The van der Waals surface area contributed by atoms with E-state index in [9.17, 15) is 14.7 Å². The van der Waals surface area contributed by atoms with E-state index in [0.29, 0.717) is 28.3 Å². The minimum atomic E-state index is -0.899. The molecule has 0 aromatic heterocycles. The molecule has 1 N–H and O–H groups in total. The van der Waals surface area contributed by atoms with Crippen LogP contribution in [0.2, 0.25) is 0 Å². The topological polar surface area (TPSA) is 99.9 Å². The predicted molar refractivity (Wildman–Crippen MR) is 127 cm³/mol. The van der Waals surface area contributed by atoms with Crippen LogP contribution in [0.4, 0.5) is 5.69 Å². The minimum absolute atomic E-state index is 0.0774. The molecule has 34 heavy (non-hydrogen) atoms. The fourth-order valence-electron chi connectivity index (χ4n) is 4.20. The van der Waals surface area contributed by atoms with Crippen molar-refractivity contribution in [2.45, 2.75) is 13.0 Å². The number of aliphatic hydroxyl groups excluding tert-OH is 1. The van der Waals surface area contributed by atoms with Gasteiger partial charge in [0, 0.05) is 5.69 Å². The van der Waals surface area contributed by atoms with Crippen molar-refractivity contribution in [2.75, 3.05) is 19.1 Å². The standard InChI is InChI=1S/C27H22N2O5/c1-16-7-4-5-8-19(16)24-23(25(30)22-20(33-2)9-6-10-21(22)34-3)26(31)27(32)29(24)18-13-11-17(15-28)12-14-18/h4-14,24,30H,1-3H3/b25-23+. The molecule has 7 heteroatoms. The molecule has 0 saturated carbocycles. The summed E-state index contributed by atoms with van der Waals surface area (Å²) >= 11 is 0. The summed E-state index contributed by atoms with van der Waals surface area (Å²) in [6.45, 7) is 1.87. The maximum atomic E-state index is 13.4. The Balaban J connectivity index is 2.02. The van der Waals surface area contributed by atoms with E-state index in [-0.39, 0.29) is 11.1 Å². The molecule has 170 valence electrons. The SMILES string of the molecule is COc1cccc(OC)c1/C(O)=C1\C(=O)C(=O)N(c2ccc(C#N)cc2)C1c1ccccc1C. The third-order valence-corrected chi connectivity index (χ3v) is 5.87. The van der Waals surface area contributed by atoms with Gasteiger partial charge in [0.2, 0.25) is 0 Å². The molecule has 1 saturated heterocycles. The number of ketones is 1. The fourth-order valence-corrected chi connectivity index (χ4v) is 4.20. The molecular weight excluding hydrogens is 432 g/mol. The van der Waals surface area contributed by atoms with Gasteiger partial charge in [-0.05, 0) is 54.4 Å². The first-order chi connectivity index (χ1) is 16.4. The Morgan fingerprint density at radius 1 is 0.941 bits per heavy atom. The van der Waals surface area contributed by atoms with Crippen molar-refractivity contribution in [1.29, 1.82) is 5.26 Å². The first-order valence-corrected chi connectivity index (χ1v) is 10.5. The Labute approximate surface area is 197 Å². The van der Waals surface area contributed by atoms with Crippen molar-refractivity contribution in [3.05, 3.63) is 94.6 Å². The number of carbonyl (C=O) groups excluding carboxylic acids is 2. The number of ether oxygens (including phenoxy) is 2. The molecule has 1 amide bonds. The van der Waals surface area contributed by atoms with Crippen LogP contribution in [0.5, 0.6) is 11.5 Å². The Morgan fingerprint density at radius 3 is 2.12 bits per heavy atom. The predicted octanol–water partition coefficient (Wildman–Crippen LogP) is 4.51. The van der Waals surface area contributed by atoms with Crippen LogP contribution in [0.15, 0.2) is 72.3 Å². The average molecular weight is 454 g/mol. The van der Waals surface area contributed by atoms with E-state index in [1.165, 1.54) is 19.1 Å². The number of hydrogen-bond donors (Lipinski definition) is 1. The number of methoxy groups -OCH3 is 2. The van der Waals surface area contributed by atoms with Crippen LogP contribution in [-0.2, 0) is 9.59 Å². The van der Waals surface area contributed by atoms with E-state index in [2.05, 4.69) is 0 Å². The zero-order valence-electron chi connectivity index (χ0n) is 18.9. The number of aryl methyl sites for hydroxylation is 1. The molecule has 0 spiro atoms. The van der Waals surface area contributed by atoms with Crippen molar-refractivity contribution in [2.24, 2.45) is 0 Å². The fraction of sp³-hybridized carbons (Fsp3) is 0.148. The molecule has 3 aromatic rings. The summed E-state index contributed by atoms with van der Waals surface area (Å²) in [6, 6.07) is 19.8. The molecule has 4 rings (SSSR count). The van der Waals surface area contributed by atoms with Gasteiger partial charge in [0.25, 0.3) is 11.7 Å². The van der Waals surface area contributed by atoms with Crippen LogP contribution < -0.4 is 14.4 Å². The highest BCUT2D eigenvalue weighted by molar-refractivity contribution is 6.51. The van der Waals surface area contributed by atoms with Crippen molar-refractivity contribution >= 4 is 23.1 Å². The Bertz CT molecular complexity index is 1330. The second-order valence-electron chi connectivity index (χ2n) is 7.72. The summed E-state index contributed by atoms with van der Waals surface area (Å²) in [6.07, 6.45) is 0. The number of nitriles is 1. The number of anilines is 1. The molecule has 1 fully saturated rings. The van der Waals surface area contributed by atoms with Crippen molar-refractivity contribution in [3.8, 4) is 17.6 Å². The zero-order chi connectivity index (χ0) is 24.4. The van der Waals surface area contributed by atoms with E-state index in [1.807, 2.05) is 37.3 Å². The van der Waals surface area contributed by atoms with Crippen molar-refractivity contribution < 1.29 is 24.2 Å². The number of carbonyl (C=O) groups is 2. The zero-order valence-corrected chi connectivity index (χ0v) is 18.9. The molecule has 3 aromatic carbocycles. The van der Waals surface area contributed by atoms with Gasteiger partial charge in [0.1, 0.15) is 22.8 Å². The molecular formula is C27H22N2O5. The van der Waals surface area contributed by atoms with Gasteiger partial charge in [0.15, 0.2) is 0 Å². The van der Waals surface area contributed by atoms with Gasteiger partial charge < -0.3 is 14.6 Å². The van der Waals surface area contributed by atoms with Gasteiger partial charge in [0.05, 0.1) is 37.5 Å². The second kappa shape index (κ2) is 9.12. The largest absolute Gasteiger partial charge is 0.506 e. The second-order valence-corrected chi connectivity index (χ2v) is 7.72. The van der Waals surface area contributed by atoms with Gasteiger partial charge in [-0.2, -0.15) is 5.26 Å². The number of benzene rings is 3. The van der Waals surface area contributed by atoms with Crippen LogP contribution in [0.3, 0.4) is 0 Å². The summed E-state index contributed by atoms with van der Waals surface area (Å²) < 4.78 is 10.8. The molecule has 0 radical (unpaired) electrons. The quantitative estimate of drug-likeness (QED) is 0.346. The van der Waals surface area contributed by atoms with E-state index in [4.69, 9.17) is 14.7 Å². The highest BCUT2D eigenvalue weighted by Gasteiger charge is 2.47. The lowest BCUT2D eigenvalue weighted by atomic mass is 9.92. The molecule has 1 aliphatic rings. The van der Waals surface area contributed by atoms with Crippen molar-refractivity contribution in [3.63, 3.8) is 0 Å². The average Bonchev–Trinajstić information content (AvgIpc) is 3.13. The molecule has 1 aliphatic heterocycles. The number of aliphatic hydroxyl groups is 1. The third kappa shape index (κ3) is 3.65. The van der Waals surface area contributed by atoms with Crippen molar-refractivity contribution in [1.82, 2.24) is 0 Å². The molecule has 1 heterocycles. The highest BCUT2D eigenvalue weighted by atomic mass is 16.5. The third-order valence-electron chi connectivity index (χ3n) is 5.87. The first kappa shape index (κ1) is 22.6. The number of amides is 1. The lowest BCUT2D eigenvalue weighted by Crippen LogP contribution is -2.29. The Kier molecular flexibility index (Phi) is 6.07. The van der Waals surface area contributed by atoms with E-state index < -0.39 is 23.5 Å². The monoisotopic (exact) mass is 454 g/mol. The number of rotatable bonds is 5. The summed E-state index contributed by atoms with van der Waals surface area (Å²) in [5.41, 5.74) is 2.48. The van der Waals surface area contributed by atoms with Gasteiger partial charge in [-0.1, -0.05) is 30.3 Å². The number of Topliss-reactive ketones (excluding diaryl/α,β-unsaturated/α-hetero) is 1. The molecule has 7 nitrogen and oxygen atoms in total. The number of nitrogens with zero attached hydrogens (tertiary/aromatic N) is 2. The lowest BCUT2D eigenvalue weighted by Gasteiger charge is -2.27. The normalized spacial score (nSPS) is 16.9. The maximum absolute atomic E-state index is 13.4. The molecule has 1 unspecified atom stereocenters. The van der Waals surface area contributed by atoms with Crippen LogP contribution in [0, 0.1) is 18.3 Å². The van der Waals surface area contributed by atoms with Gasteiger partial charge in [-0.25, -0.2) is 0 Å². The smallest absolute Gasteiger partial charge is 0.300 e. The Morgan fingerprint density at radius 2 is 1.56 bits per heavy atom. The van der Waals surface area contributed by atoms with Gasteiger partial charge in [-0.3, -0.25) is 14.5 Å². The van der Waals surface area contributed by atoms with Gasteiger partial charge in [-0.15, -0.1) is 0 Å². The summed E-state index contributed by atoms with van der Waals surface area (Å²) in [5.74, 6) is -1.41. The molecule has 1 atom stereocenters. The molecule has 0 aliphatic carbocycles. The van der Waals surface area contributed by atoms with Crippen LogP contribution in [0.25, 0.3) is 5.76 Å². The summed E-state index contributed by atoms with van der Waals surface area (Å²) in [7, 11) is 2.89. The van der Waals surface area contributed by atoms with Crippen LogP contribution in [0.1, 0.15) is 28.3 Å². The summed E-state index contributed by atoms with van der Waals surface area (Å²) in [5, 5.41) is 20.6. The van der Waals surface area contributed by atoms with Crippen LogP contribution in [-0.4, -0.2) is 31.0 Å². The lowest BCUT2D eigenvalue weighted by molar-refractivity contribution is -0.132. The Hall–Kier alpha value is -4.57. The minimum Gasteiger partial charge on any atom is -0.506 e.